The second kappa shape index (κ2) is 8.30. The maximum Gasteiger partial charge on any atom is 0.345 e. The first-order valence-corrected chi connectivity index (χ1v) is 8.88. The summed E-state index contributed by atoms with van der Waals surface area (Å²) in [5.41, 5.74) is -1.40. The lowest BCUT2D eigenvalue weighted by Crippen LogP contribution is -2.42. The van der Waals surface area contributed by atoms with E-state index in [1.54, 1.807) is 6.92 Å². The SMILES string of the molecule is CCOC(=O)c1cn(CC2CCOCC2)c(=O)n(-c2ccc(F)cc2)c1=O. The molecule has 0 atom stereocenters. The summed E-state index contributed by atoms with van der Waals surface area (Å²) in [7, 11) is 0. The highest BCUT2D eigenvalue weighted by Crippen LogP contribution is 2.16. The highest BCUT2D eigenvalue weighted by atomic mass is 19.1. The van der Waals surface area contributed by atoms with Crippen LogP contribution < -0.4 is 11.2 Å². The van der Waals surface area contributed by atoms with E-state index in [1.165, 1.54) is 22.9 Å². The summed E-state index contributed by atoms with van der Waals surface area (Å²) in [6.45, 7) is 3.32. The highest BCUT2D eigenvalue weighted by molar-refractivity contribution is 5.88. The Morgan fingerprint density at radius 2 is 1.89 bits per heavy atom. The van der Waals surface area contributed by atoms with E-state index < -0.39 is 23.0 Å². The number of carbonyl (C=O) groups is 1. The van der Waals surface area contributed by atoms with Crippen LogP contribution in [-0.4, -0.2) is 34.9 Å². The number of carbonyl (C=O) groups excluding carboxylic acids is 1. The van der Waals surface area contributed by atoms with Gasteiger partial charge in [0.2, 0.25) is 0 Å². The lowest BCUT2D eigenvalue weighted by Gasteiger charge is -2.23. The van der Waals surface area contributed by atoms with Crippen LogP contribution in [0.25, 0.3) is 5.69 Å². The van der Waals surface area contributed by atoms with E-state index in [4.69, 9.17) is 9.47 Å². The summed E-state index contributed by atoms with van der Waals surface area (Å²) in [4.78, 5) is 37.9. The Labute approximate surface area is 155 Å². The van der Waals surface area contributed by atoms with E-state index in [0.717, 1.165) is 29.5 Å². The molecular weight excluding hydrogens is 355 g/mol. The second-order valence-electron chi connectivity index (χ2n) is 6.37. The van der Waals surface area contributed by atoms with Gasteiger partial charge in [-0.1, -0.05) is 0 Å². The number of aromatic nitrogens is 2. The molecule has 1 aromatic heterocycles. The van der Waals surface area contributed by atoms with Gasteiger partial charge in [0.15, 0.2) is 0 Å². The molecule has 2 heterocycles. The summed E-state index contributed by atoms with van der Waals surface area (Å²) < 4.78 is 25.8. The zero-order chi connectivity index (χ0) is 19.4. The Morgan fingerprint density at radius 1 is 1.22 bits per heavy atom. The molecule has 8 heteroatoms. The van der Waals surface area contributed by atoms with Crippen molar-refractivity contribution in [3.63, 3.8) is 0 Å². The van der Waals surface area contributed by atoms with Gasteiger partial charge in [0.05, 0.1) is 12.3 Å². The largest absolute Gasteiger partial charge is 0.462 e. The number of benzene rings is 1. The first-order chi connectivity index (χ1) is 13.0. The molecule has 1 saturated heterocycles. The number of hydrogen-bond acceptors (Lipinski definition) is 5. The normalized spacial score (nSPS) is 14.9. The van der Waals surface area contributed by atoms with Crippen LogP contribution in [0, 0.1) is 11.7 Å². The number of ether oxygens (including phenoxy) is 2. The van der Waals surface area contributed by atoms with Gasteiger partial charge in [0.25, 0.3) is 5.56 Å². The Morgan fingerprint density at radius 3 is 2.52 bits per heavy atom. The average molecular weight is 376 g/mol. The third-order valence-electron chi connectivity index (χ3n) is 4.53. The molecule has 0 radical (unpaired) electrons. The van der Waals surface area contributed by atoms with Gasteiger partial charge in [-0.05, 0) is 49.9 Å². The Hall–Kier alpha value is -2.74. The minimum absolute atomic E-state index is 0.105. The zero-order valence-electron chi connectivity index (χ0n) is 15.0. The van der Waals surface area contributed by atoms with Crippen molar-refractivity contribution in [1.29, 1.82) is 0 Å². The molecule has 27 heavy (non-hydrogen) atoms. The van der Waals surface area contributed by atoms with Crippen molar-refractivity contribution in [2.45, 2.75) is 26.3 Å². The fourth-order valence-electron chi connectivity index (χ4n) is 3.11. The van der Waals surface area contributed by atoms with Crippen LogP contribution in [0.3, 0.4) is 0 Å². The van der Waals surface area contributed by atoms with Gasteiger partial charge in [-0.15, -0.1) is 0 Å². The number of esters is 1. The van der Waals surface area contributed by atoms with Crippen LogP contribution in [0.4, 0.5) is 4.39 Å². The molecule has 144 valence electrons. The molecule has 0 bridgehead atoms. The molecule has 0 saturated carbocycles. The van der Waals surface area contributed by atoms with Gasteiger partial charge in [0, 0.05) is 26.0 Å². The molecule has 2 aromatic rings. The van der Waals surface area contributed by atoms with E-state index in [9.17, 15) is 18.8 Å². The number of rotatable bonds is 5. The van der Waals surface area contributed by atoms with E-state index >= 15 is 0 Å². The van der Waals surface area contributed by atoms with E-state index in [2.05, 4.69) is 0 Å². The Kier molecular flexibility index (Phi) is 5.85. The summed E-state index contributed by atoms with van der Waals surface area (Å²) in [6, 6.07) is 4.96. The molecule has 1 fully saturated rings. The maximum absolute atomic E-state index is 13.2. The Balaban J connectivity index is 2.12. The second-order valence-corrected chi connectivity index (χ2v) is 6.37. The van der Waals surface area contributed by atoms with E-state index in [1.807, 2.05) is 0 Å². The van der Waals surface area contributed by atoms with Gasteiger partial charge >= 0.3 is 11.7 Å². The maximum atomic E-state index is 13.2. The van der Waals surface area contributed by atoms with Crippen molar-refractivity contribution < 1.29 is 18.7 Å². The number of halogens is 1. The van der Waals surface area contributed by atoms with Crippen molar-refractivity contribution in [3.8, 4) is 5.69 Å². The van der Waals surface area contributed by atoms with E-state index in [0.29, 0.717) is 19.8 Å². The molecule has 1 aromatic carbocycles. The molecule has 0 N–H and O–H groups in total. The summed E-state index contributed by atoms with van der Waals surface area (Å²) in [5, 5.41) is 0. The van der Waals surface area contributed by atoms with E-state index in [-0.39, 0.29) is 23.8 Å². The third-order valence-corrected chi connectivity index (χ3v) is 4.53. The van der Waals surface area contributed by atoms with Gasteiger partial charge < -0.3 is 9.47 Å². The van der Waals surface area contributed by atoms with Crippen LogP contribution in [0.15, 0.2) is 40.1 Å². The zero-order valence-corrected chi connectivity index (χ0v) is 15.0. The first-order valence-electron chi connectivity index (χ1n) is 8.88. The Bertz CT molecular complexity index is 927. The van der Waals surface area contributed by atoms with Crippen molar-refractivity contribution in [2.24, 2.45) is 5.92 Å². The summed E-state index contributed by atoms with van der Waals surface area (Å²) in [6.07, 6.45) is 2.84. The molecule has 0 aliphatic carbocycles. The lowest BCUT2D eigenvalue weighted by molar-refractivity contribution is 0.0518. The molecule has 1 aliphatic rings. The smallest absolute Gasteiger partial charge is 0.345 e. The van der Waals surface area contributed by atoms with Crippen LogP contribution in [0.2, 0.25) is 0 Å². The van der Waals surface area contributed by atoms with Crippen LogP contribution >= 0.6 is 0 Å². The molecule has 0 spiro atoms. The first kappa shape index (κ1) is 19.0. The third kappa shape index (κ3) is 4.16. The average Bonchev–Trinajstić information content (AvgIpc) is 2.66. The van der Waals surface area contributed by atoms with Crippen LogP contribution in [-0.2, 0) is 16.0 Å². The van der Waals surface area contributed by atoms with Crippen molar-refractivity contribution in [1.82, 2.24) is 9.13 Å². The van der Waals surface area contributed by atoms with Gasteiger partial charge in [0.1, 0.15) is 11.4 Å². The quantitative estimate of drug-likeness (QED) is 0.743. The van der Waals surface area contributed by atoms with Gasteiger partial charge in [-0.25, -0.2) is 18.5 Å². The fraction of sp³-hybridized carbons (Fsp3) is 0.421. The van der Waals surface area contributed by atoms with Crippen LogP contribution in [0.1, 0.15) is 30.1 Å². The van der Waals surface area contributed by atoms with Crippen molar-refractivity contribution >= 4 is 5.97 Å². The molecular formula is C19H21FN2O5. The fourth-order valence-corrected chi connectivity index (χ4v) is 3.11. The van der Waals surface area contributed by atoms with Crippen molar-refractivity contribution in [2.75, 3.05) is 19.8 Å². The molecule has 1 aliphatic heterocycles. The minimum Gasteiger partial charge on any atom is -0.462 e. The predicted octanol–water partition coefficient (Wildman–Crippen LogP) is 1.74. The monoisotopic (exact) mass is 376 g/mol. The summed E-state index contributed by atoms with van der Waals surface area (Å²) in [5.74, 6) is -1.08. The molecule has 7 nitrogen and oxygen atoms in total. The van der Waals surface area contributed by atoms with Crippen LogP contribution in [0.5, 0.6) is 0 Å². The lowest BCUT2D eigenvalue weighted by atomic mass is 10.0. The molecule has 0 unspecified atom stereocenters. The molecule has 0 amide bonds. The molecule has 3 rings (SSSR count). The van der Waals surface area contributed by atoms with Crippen molar-refractivity contribution in [3.05, 3.63) is 62.7 Å². The van der Waals surface area contributed by atoms with Gasteiger partial charge in [-0.3, -0.25) is 9.36 Å². The summed E-state index contributed by atoms with van der Waals surface area (Å²) >= 11 is 0. The van der Waals surface area contributed by atoms with Gasteiger partial charge in [-0.2, -0.15) is 0 Å². The minimum atomic E-state index is -0.793. The highest BCUT2D eigenvalue weighted by Gasteiger charge is 2.22. The predicted molar refractivity (Wildman–Crippen MR) is 95.8 cm³/mol. The number of hydrogen-bond donors (Lipinski definition) is 0. The number of nitrogens with zero attached hydrogens (tertiary/aromatic N) is 2. The topological polar surface area (TPSA) is 79.5 Å². The standard InChI is InChI=1S/C19H21FN2O5/c1-2-27-18(24)16-12-21(11-13-7-9-26-10-8-13)19(25)22(17(16)23)15-5-3-14(20)4-6-15/h3-6,12-13H,2,7-11H2,1H3.